The van der Waals surface area contributed by atoms with Crippen LogP contribution in [-0.2, 0) is 14.3 Å². The van der Waals surface area contributed by atoms with E-state index >= 15 is 0 Å². The monoisotopic (exact) mass is 1200 g/mol. The highest BCUT2D eigenvalue weighted by Crippen LogP contribution is 2.20. The van der Waals surface area contributed by atoms with Crippen LogP contribution in [0.5, 0.6) is 0 Å². The zero-order valence-electron chi connectivity index (χ0n) is 57.9. The molecule has 0 radical (unpaired) electrons. The number of nitrogens with one attached hydrogen (secondary N) is 1. The Hall–Kier alpha value is -1.66. The lowest BCUT2D eigenvalue weighted by molar-refractivity contribution is -0.143. The van der Waals surface area contributed by atoms with Crippen molar-refractivity contribution in [3.05, 3.63) is 24.3 Å². The zero-order valence-corrected chi connectivity index (χ0v) is 57.9. The van der Waals surface area contributed by atoms with Gasteiger partial charge in [0.1, 0.15) is 0 Å². The summed E-state index contributed by atoms with van der Waals surface area (Å²) in [6, 6.07) is -0.538. The highest BCUT2D eigenvalue weighted by atomic mass is 16.5. The van der Waals surface area contributed by atoms with E-state index < -0.39 is 12.1 Å². The molecule has 0 spiro atoms. The highest BCUT2D eigenvalue weighted by Gasteiger charge is 2.20. The van der Waals surface area contributed by atoms with E-state index in [0.29, 0.717) is 25.9 Å². The molecular weight excluding hydrogens is 1040 g/mol. The molecule has 1 amide bonds. The van der Waals surface area contributed by atoms with E-state index in [1.54, 1.807) is 0 Å². The van der Waals surface area contributed by atoms with Crippen molar-refractivity contribution in [2.75, 3.05) is 13.2 Å². The normalized spacial score (nSPS) is 12.6. The second-order valence-corrected chi connectivity index (χ2v) is 27.0. The van der Waals surface area contributed by atoms with Crippen molar-refractivity contribution in [1.82, 2.24) is 5.32 Å². The van der Waals surface area contributed by atoms with Gasteiger partial charge in [0, 0.05) is 12.8 Å². The van der Waals surface area contributed by atoms with Gasteiger partial charge in [-0.15, -0.1) is 0 Å². The average molecular weight is 1200 g/mol. The van der Waals surface area contributed by atoms with Crippen LogP contribution in [0.4, 0.5) is 0 Å². The molecular formula is C79H153NO5. The van der Waals surface area contributed by atoms with Gasteiger partial charge in [-0.2, -0.15) is 0 Å². The predicted octanol–water partition coefficient (Wildman–Crippen LogP) is 25.7. The summed E-state index contributed by atoms with van der Waals surface area (Å²) >= 11 is 0. The summed E-state index contributed by atoms with van der Waals surface area (Å²) in [6.07, 6.45) is 95.5. The summed E-state index contributed by atoms with van der Waals surface area (Å²) in [6.45, 7) is 4.98. The SMILES string of the molecule is CCCCC/C=C\C/C=C\CCCCCCCCCCCC(=O)OCCCCCCCCCCCCCCCCCCCCCCCCCCCCCCCCCC(=O)NC(CO)C(O)CCCCCCCCCCCCCCCCCCCC. The minimum Gasteiger partial charge on any atom is -0.466 e. The molecule has 85 heavy (non-hydrogen) atoms. The second kappa shape index (κ2) is 74.8. The molecule has 0 fully saturated rings. The zero-order chi connectivity index (χ0) is 61.3. The fourth-order valence-electron chi connectivity index (χ4n) is 12.6. The van der Waals surface area contributed by atoms with Gasteiger partial charge in [-0.05, 0) is 57.8 Å². The summed E-state index contributed by atoms with van der Waals surface area (Å²) in [5.41, 5.74) is 0. The third kappa shape index (κ3) is 71.3. The first-order valence-corrected chi connectivity index (χ1v) is 39.1. The molecule has 6 nitrogen and oxygen atoms in total. The predicted molar refractivity (Wildman–Crippen MR) is 375 cm³/mol. The molecule has 2 unspecified atom stereocenters. The third-order valence-corrected chi connectivity index (χ3v) is 18.5. The first kappa shape index (κ1) is 83.3. The van der Waals surface area contributed by atoms with Gasteiger partial charge in [-0.3, -0.25) is 9.59 Å². The molecule has 0 aliphatic heterocycles. The number of rotatable bonds is 74. The molecule has 0 rings (SSSR count). The lowest BCUT2D eigenvalue weighted by Crippen LogP contribution is -2.45. The first-order valence-electron chi connectivity index (χ1n) is 39.1. The van der Waals surface area contributed by atoms with Gasteiger partial charge in [0.05, 0.1) is 25.4 Å². The lowest BCUT2D eigenvalue weighted by Gasteiger charge is -2.22. The summed E-state index contributed by atoms with van der Waals surface area (Å²) in [5.74, 6) is -0.00829. The molecule has 2 atom stereocenters. The summed E-state index contributed by atoms with van der Waals surface area (Å²) < 4.78 is 5.52. The minimum absolute atomic E-state index is 0.0179. The van der Waals surface area contributed by atoms with Crippen LogP contribution in [0.25, 0.3) is 0 Å². The Morgan fingerprint density at radius 3 is 0.918 bits per heavy atom. The third-order valence-electron chi connectivity index (χ3n) is 18.5. The number of aliphatic hydroxyl groups excluding tert-OH is 2. The number of unbranched alkanes of at least 4 members (excludes halogenated alkanes) is 59. The van der Waals surface area contributed by atoms with Gasteiger partial charge >= 0.3 is 5.97 Å². The molecule has 504 valence electrons. The van der Waals surface area contributed by atoms with Crippen LogP contribution >= 0.6 is 0 Å². The molecule has 0 aromatic rings. The van der Waals surface area contributed by atoms with Crippen molar-refractivity contribution in [2.45, 2.75) is 456 Å². The van der Waals surface area contributed by atoms with Crippen LogP contribution in [0.2, 0.25) is 0 Å². The molecule has 0 aliphatic rings. The van der Waals surface area contributed by atoms with E-state index in [2.05, 4.69) is 43.5 Å². The number of carbonyl (C=O) groups excluding carboxylic acids is 2. The van der Waals surface area contributed by atoms with Crippen LogP contribution in [0, 0.1) is 0 Å². The van der Waals surface area contributed by atoms with Crippen molar-refractivity contribution in [1.29, 1.82) is 0 Å². The van der Waals surface area contributed by atoms with Gasteiger partial charge in [0.2, 0.25) is 5.91 Å². The number of hydrogen-bond acceptors (Lipinski definition) is 5. The molecule has 0 aliphatic carbocycles. The number of esters is 1. The van der Waals surface area contributed by atoms with Crippen LogP contribution < -0.4 is 5.32 Å². The Labute approximate surface area is 532 Å². The smallest absolute Gasteiger partial charge is 0.305 e. The van der Waals surface area contributed by atoms with Gasteiger partial charge in [-0.1, -0.05) is 398 Å². The summed E-state index contributed by atoms with van der Waals surface area (Å²) in [4.78, 5) is 24.7. The Balaban J connectivity index is 3.32. The van der Waals surface area contributed by atoms with Crippen molar-refractivity contribution in [3.8, 4) is 0 Å². The molecule has 0 saturated heterocycles. The number of amides is 1. The van der Waals surface area contributed by atoms with E-state index in [0.717, 1.165) is 51.4 Å². The molecule has 6 heteroatoms. The van der Waals surface area contributed by atoms with Gasteiger partial charge in [-0.25, -0.2) is 0 Å². The van der Waals surface area contributed by atoms with E-state index in [1.165, 1.54) is 360 Å². The topological polar surface area (TPSA) is 95.9 Å². The Bertz CT molecular complexity index is 1330. The molecule has 0 heterocycles. The van der Waals surface area contributed by atoms with Crippen LogP contribution in [0.1, 0.15) is 444 Å². The van der Waals surface area contributed by atoms with Crippen LogP contribution in [-0.4, -0.2) is 47.4 Å². The fourth-order valence-corrected chi connectivity index (χ4v) is 12.6. The largest absolute Gasteiger partial charge is 0.466 e. The van der Waals surface area contributed by atoms with Crippen molar-refractivity contribution in [2.24, 2.45) is 0 Å². The summed E-state index contributed by atoms with van der Waals surface area (Å²) in [5, 5.41) is 23.4. The van der Waals surface area contributed by atoms with Crippen molar-refractivity contribution >= 4 is 11.9 Å². The number of allylic oxidation sites excluding steroid dienone is 4. The van der Waals surface area contributed by atoms with Gasteiger partial charge < -0.3 is 20.3 Å². The Morgan fingerprint density at radius 2 is 0.588 bits per heavy atom. The quantitative estimate of drug-likeness (QED) is 0.0320. The number of carbonyl (C=O) groups is 2. The van der Waals surface area contributed by atoms with E-state index in [9.17, 15) is 19.8 Å². The fraction of sp³-hybridized carbons (Fsp3) is 0.924. The Kier molecular flexibility index (Phi) is 73.3. The van der Waals surface area contributed by atoms with Crippen molar-refractivity contribution in [3.63, 3.8) is 0 Å². The maximum Gasteiger partial charge on any atom is 0.305 e. The van der Waals surface area contributed by atoms with Crippen LogP contribution in [0.15, 0.2) is 24.3 Å². The number of aliphatic hydroxyl groups is 2. The first-order chi connectivity index (χ1) is 42.0. The van der Waals surface area contributed by atoms with E-state index in [4.69, 9.17) is 4.74 Å². The maximum absolute atomic E-state index is 12.5. The standard InChI is InChI=1S/C79H153NO5/c1-3-5-7-9-11-13-15-17-19-21-36-41-45-49-53-57-61-65-69-73-79(84)85-74-70-66-62-58-54-50-46-42-38-35-33-31-29-27-25-23-24-26-28-30-32-34-37-40-44-48-52-56-60-64-68-72-78(83)80-76(75-81)77(82)71-67-63-59-55-51-47-43-39-22-20-18-16-14-12-10-8-6-4-2/h11,13,17,19,76-77,81-82H,3-10,12,14-16,18,20-75H2,1-2H3,(H,80,83)/b13-11-,19-17-. The molecule has 0 aromatic carbocycles. The number of hydrogen-bond donors (Lipinski definition) is 3. The average Bonchev–Trinajstić information content (AvgIpc) is 3.51. The number of ether oxygens (including phenoxy) is 1. The van der Waals surface area contributed by atoms with Crippen molar-refractivity contribution < 1.29 is 24.5 Å². The van der Waals surface area contributed by atoms with E-state index in [-0.39, 0.29) is 18.5 Å². The summed E-state index contributed by atoms with van der Waals surface area (Å²) in [7, 11) is 0. The van der Waals surface area contributed by atoms with Gasteiger partial charge in [0.25, 0.3) is 0 Å². The lowest BCUT2D eigenvalue weighted by atomic mass is 10.0. The van der Waals surface area contributed by atoms with Crippen LogP contribution in [0.3, 0.4) is 0 Å². The molecule has 0 saturated carbocycles. The second-order valence-electron chi connectivity index (χ2n) is 27.0. The molecule has 0 aromatic heterocycles. The minimum atomic E-state index is -0.662. The van der Waals surface area contributed by atoms with Gasteiger partial charge in [0.15, 0.2) is 0 Å². The molecule has 3 N–H and O–H groups in total. The maximum atomic E-state index is 12.5. The van der Waals surface area contributed by atoms with E-state index in [1.807, 2.05) is 0 Å². The Morgan fingerprint density at radius 1 is 0.329 bits per heavy atom. The molecule has 0 bridgehead atoms. The highest BCUT2D eigenvalue weighted by molar-refractivity contribution is 5.76.